The van der Waals surface area contributed by atoms with Gasteiger partial charge in [-0.15, -0.1) is 0 Å². The molecule has 118 valence electrons. The van der Waals surface area contributed by atoms with Gasteiger partial charge < -0.3 is 15.8 Å². The number of ether oxygens (including phenoxy) is 1. The molecular weight excluding hydrogens is 290 g/mol. The van der Waals surface area contributed by atoms with E-state index in [2.05, 4.69) is 5.32 Å². The van der Waals surface area contributed by atoms with Gasteiger partial charge in [0.05, 0.1) is 17.5 Å². The van der Waals surface area contributed by atoms with Crippen LogP contribution in [0.4, 0.5) is 11.4 Å². The summed E-state index contributed by atoms with van der Waals surface area (Å²) >= 11 is 0. The van der Waals surface area contributed by atoms with Crippen LogP contribution in [-0.4, -0.2) is 45.6 Å². The molecule has 6 nitrogen and oxygen atoms in total. The molecule has 1 aromatic rings. The van der Waals surface area contributed by atoms with Crippen molar-refractivity contribution in [1.82, 2.24) is 4.31 Å². The SMILES string of the molecule is CCOC1CC(Nc2cccc(S(=O)(=O)N(C)C)c2N)C1. The lowest BCUT2D eigenvalue weighted by Gasteiger charge is -2.36. The molecular formula is C14H23N3O3S. The largest absolute Gasteiger partial charge is 0.396 e. The Kier molecular flexibility index (Phi) is 4.75. The summed E-state index contributed by atoms with van der Waals surface area (Å²) in [5.74, 6) is 0. The molecule has 1 aliphatic carbocycles. The van der Waals surface area contributed by atoms with Crippen LogP contribution in [0.2, 0.25) is 0 Å². The summed E-state index contributed by atoms with van der Waals surface area (Å²) in [5, 5.41) is 3.30. The van der Waals surface area contributed by atoms with Gasteiger partial charge in [-0.05, 0) is 31.9 Å². The molecule has 0 heterocycles. The molecule has 0 unspecified atom stereocenters. The number of nitrogens with two attached hydrogens (primary N) is 1. The van der Waals surface area contributed by atoms with Crippen molar-refractivity contribution in [3.8, 4) is 0 Å². The molecule has 1 saturated carbocycles. The molecule has 0 amide bonds. The van der Waals surface area contributed by atoms with Gasteiger partial charge in [-0.2, -0.15) is 0 Å². The molecule has 21 heavy (non-hydrogen) atoms. The molecule has 7 heteroatoms. The van der Waals surface area contributed by atoms with Gasteiger partial charge in [0, 0.05) is 26.7 Å². The van der Waals surface area contributed by atoms with Crippen molar-refractivity contribution in [3.63, 3.8) is 0 Å². The second-order valence-electron chi connectivity index (χ2n) is 5.39. The summed E-state index contributed by atoms with van der Waals surface area (Å²) in [6.07, 6.45) is 2.12. The molecule has 3 N–H and O–H groups in total. The van der Waals surface area contributed by atoms with Gasteiger partial charge >= 0.3 is 0 Å². The molecule has 0 aromatic heterocycles. The minimum atomic E-state index is -3.53. The Morgan fingerprint density at radius 3 is 2.62 bits per heavy atom. The van der Waals surface area contributed by atoms with Gasteiger partial charge in [0.2, 0.25) is 10.0 Å². The lowest BCUT2D eigenvalue weighted by atomic mass is 9.89. The number of nitrogen functional groups attached to an aromatic ring is 1. The highest BCUT2D eigenvalue weighted by molar-refractivity contribution is 7.89. The standard InChI is InChI=1S/C14H23N3O3S/c1-4-20-11-8-10(9-11)16-12-6-5-7-13(14(12)15)21(18,19)17(2)3/h5-7,10-11,16H,4,8-9,15H2,1-3H3. The van der Waals surface area contributed by atoms with E-state index in [4.69, 9.17) is 10.5 Å². The Morgan fingerprint density at radius 2 is 2.05 bits per heavy atom. The van der Waals surface area contributed by atoms with Crippen molar-refractivity contribution in [2.75, 3.05) is 31.8 Å². The Labute approximate surface area is 126 Å². The van der Waals surface area contributed by atoms with Crippen LogP contribution in [0.5, 0.6) is 0 Å². The fourth-order valence-electron chi connectivity index (χ4n) is 2.37. The van der Waals surface area contributed by atoms with Gasteiger partial charge in [0.25, 0.3) is 0 Å². The number of nitrogens with one attached hydrogen (secondary N) is 1. The van der Waals surface area contributed by atoms with Gasteiger partial charge in [-0.1, -0.05) is 6.07 Å². The van der Waals surface area contributed by atoms with Gasteiger partial charge in [-0.3, -0.25) is 0 Å². The summed E-state index contributed by atoms with van der Waals surface area (Å²) in [6, 6.07) is 5.31. The van der Waals surface area contributed by atoms with E-state index in [1.54, 1.807) is 12.1 Å². The van der Waals surface area contributed by atoms with Crippen molar-refractivity contribution in [2.45, 2.75) is 36.8 Å². The third-order valence-corrected chi connectivity index (χ3v) is 5.55. The number of hydrogen-bond acceptors (Lipinski definition) is 5. The van der Waals surface area contributed by atoms with E-state index in [1.807, 2.05) is 6.92 Å². The van der Waals surface area contributed by atoms with Crippen LogP contribution < -0.4 is 11.1 Å². The van der Waals surface area contributed by atoms with Crippen LogP contribution >= 0.6 is 0 Å². The Hall–Kier alpha value is -1.31. The van der Waals surface area contributed by atoms with Crippen molar-refractivity contribution in [3.05, 3.63) is 18.2 Å². The summed E-state index contributed by atoms with van der Waals surface area (Å²) in [6.45, 7) is 2.70. The lowest BCUT2D eigenvalue weighted by Crippen LogP contribution is -2.41. The Balaban J connectivity index is 2.13. The molecule has 1 aromatic carbocycles. The van der Waals surface area contributed by atoms with Crippen molar-refractivity contribution in [2.24, 2.45) is 0 Å². The number of hydrogen-bond donors (Lipinski definition) is 2. The quantitative estimate of drug-likeness (QED) is 0.778. The second kappa shape index (κ2) is 6.21. The van der Waals surface area contributed by atoms with E-state index in [1.165, 1.54) is 20.2 Å². The molecule has 0 saturated heterocycles. The number of sulfonamides is 1. The maximum absolute atomic E-state index is 12.2. The van der Waals surface area contributed by atoms with Crippen LogP contribution in [0.1, 0.15) is 19.8 Å². The summed E-state index contributed by atoms with van der Waals surface area (Å²) in [7, 11) is -0.543. The van der Waals surface area contributed by atoms with Crippen LogP contribution in [0.3, 0.4) is 0 Å². The zero-order valence-electron chi connectivity index (χ0n) is 12.7. The summed E-state index contributed by atoms with van der Waals surface area (Å²) in [5.41, 5.74) is 6.96. The minimum Gasteiger partial charge on any atom is -0.396 e. The molecule has 0 radical (unpaired) electrons. The van der Waals surface area contributed by atoms with Crippen LogP contribution in [0.15, 0.2) is 23.1 Å². The highest BCUT2D eigenvalue weighted by atomic mass is 32.2. The molecule has 0 spiro atoms. The maximum Gasteiger partial charge on any atom is 0.244 e. The fourth-order valence-corrected chi connectivity index (χ4v) is 3.40. The minimum absolute atomic E-state index is 0.137. The first-order valence-corrected chi connectivity index (χ1v) is 8.49. The molecule has 1 fully saturated rings. The number of benzene rings is 1. The maximum atomic E-state index is 12.2. The topological polar surface area (TPSA) is 84.7 Å². The van der Waals surface area contributed by atoms with Crippen molar-refractivity contribution >= 4 is 21.4 Å². The monoisotopic (exact) mass is 313 g/mol. The number of nitrogens with zero attached hydrogens (tertiary/aromatic N) is 1. The molecule has 0 bridgehead atoms. The summed E-state index contributed by atoms with van der Waals surface area (Å²) < 4.78 is 31.1. The zero-order chi connectivity index (χ0) is 15.6. The first-order chi connectivity index (χ1) is 9.86. The van der Waals surface area contributed by atoms with E-state index < -0.39 is 10.0 Å². The smallest absolute Gasteiger partial charge is 0.244 e. The van der Waals surface area contributed by atoms with Gasteiger partial charge in [0.1, 0.15) is 4.90 Å². The molecule has 0 aliphatic heterocycles. The first kappa shape index (κ1) is 16.1. The predicted molar refractivity (Wildman–Crippen MR) is 83.8 cm³/mol. The van der Waals surface area contributed by atoms with E-state index in [-0.39, 0.29) is 16.6 Å². The van der Waals surface area contributed by atoms with Crippen LogP contribution in [0.25, 0.3) is 0 Å². The van der Waals surface area contributed by atoms with Crippen molar-refractivity contribution in [1.29, 1.82) is 0 Å². The molecule has 1 aliphatic rings. The number of anilines is 2. The highest BCUT2D eigenvalue weighted by Crippen LogP contribution is 2.32. The van der Waals surface area contributed by atoms with E-state index >= 15 is 0 Å². The Bertz CT molecular complexity index is 595. The van der Waals surface area contributed by atoms with E-state index in [0.717, 1.165) is 23.8 Å². The highest BCUT2D eigenvalue weighted by Gasteiger charge is 2.30. The van der Waals surface area contributed by atoms with Crippen LogP contribution in [-0.2, 0) is 14.8 Å². The average Bonchev–Trinajstić information content (AvgIpc) is 2.38. The second-order valence-corrected chi connectivity index (χ2v) is 7.52. The normalized spacial score (nSPS) is 22.1. The number of rotatable bonds is 6. The molecule has 0 atom stereocenters. The predicted octanol–water partition coefficient (Wildman–Crippen LogP) is 1.50. The van der Waals surface area contributed by atoms with Gasteiger partial charge in [0.15, 0.2) is 0 Å². The van der Waals surface area contributed by atoms with E-state index in [9.17, 15) is 8.42 Å². The third-order valence-electron chi connectivity index (χ3n) is 3.68. The first-order valence-electron chi connectivity index (χ1n) is 7.05. The van der Waals surface area contributed by atoms with Crippen LogP contribution in [0, 0.1) is 0 Å². The van der Waals surface area contributed by atoms with Crippen molar-refractivity contribution < 1.29 is 13.2 Å². The number of para-hydroxylation sites is 1. The lowest BCUT2D eigenvalue weighted by molar-refractivity contribution is 0.00300. The zero-order valence-corrected chi connectivity index (χ0v) is 13.5. The molecule has 2 rings (SSSR count). The Morgan fingerprint density at radius 1 is 1.38 bits per heavy atom. The van der Waals surface area contributed by atoms with Gasteiger partial charge in [-0.25, -0.2) is 12.7 Å². The van der Waals surface area contributed by atoms with E-state index in [0.29, 0.717) is 11.8 Å². The average molecular weight is 313 g/mol. The summed E-state index contributed by atoms with van der Waals surface area (Å²) in [4.78, 5) is 0.137. The fraction of sp³-hybridized carbons (Fsp3) is 0.571. The third kappa shape index (κ3) is 3.30.